The lowest BCUT2D eigenvalue weighted by Gasteiger charge is -2.10. The Morgan fingerprint density at radius 2 is 1.95 bits per heavy atom. The van der Waals surface area contributed by atoms with Crippen LogP contribution in [0.25, 0.3) is 11.4 Å². The molecule has 2 rings (SSSR count). The van der Waals surface area contributed by atoms with Crippen molar-refractivity contribution in [1.29, 1.82) is 0 Å². The molecule has 0 fully saturated rings. The summed E-state index contributed by atoms with van der Waals surface area (Å²) in [7, 11) is 0. The third-order valence-corrected chi connectivity index (χ3v) is 4.43. The smallest absolute Gasteiger partial charge is 0.264 e. The van der Waals surface area contributed by atoms with E-state index in [1.807, 2.05) is 6.07 Å². The molecule has 106 valence electrons. The quantitative estimate of drug-likeness (QED) is 0.820. The normalized spacial score (nSPS) is 11.1. The first-order valence-electron chi connectivity index (χ1n) is 6.74. The largest absolute Gasteiger partial charge is 0.306 e. The van der Waals surface area contributed by atoms with Gasteiger partial charge in [-0.1, -0.05) is 26.0 Å². The summed E-state index contributed by atoms with van der Waals surface area (Å²) in [5.41, 5.74) is 4.24. The highest BCUT2D eigenvalue weighted by molar-refractivity contribution is 14.1. The van der Waals surface area contributed by atoms with Gasteiger partial charge < -0.3 is 4.98 Å². The van der Waals surface area contributed by atoms with Gasteiger partial charge in [0.15, 0.2) is 0 Å². The average molecular weight is 382 g/mol. The monoisotopic (exact) mass is 382 g/mol. The lowest BCUT2D eigenvalue weighted by atomic mass is 10.1. The molecule has 0 saturated heterocycles. The summed E-state index contributed by atoms with van der Waals surface area (Å²) in [6.45, 7) is 8.41. The number of H-pyrrole nitrogens is 1. The minimum absolute atomic E-state index is 0.0514. The Kier molecular flexibility index (Phi) is 4.62. The number of hydrogen-bond donors (Lipinski definition) is 1. The topological polar surface area (TPSA) is 45.8 Å². The lowest BCUT2D eigenvalue weighted by Crippen LogP contribution is -2.17. The second-order valence-corrected chi connectivity index (χ2v) is 6.65. The number of benzene rings is 1. The second kappa shape index (κ2) is 6.08. The van der Waals surface area contributed by atoms with Gasteiger partial charge in [-0.05, 0) is 66.0 Å². The summed E-state index contributed by atoms with van der Waals surface area (Å²) in [4.78, 5) is 19.6. The number of nitrogens with one attached hydrogen (secondary N) is 1. The Morgan fingerprint density at radius 3 is 2.55 bits per heavy atom. The molecule has 0 amide bonds. The number of hydrogen-bond acceptors (Lipinski definition) is 2. The van der Waals surface area contributed by atoms with Gasteiger partial charge in [-0.25, -0.2) is 4.98 Å². The summed E-state index contributed by atoms with van der Waals surface area (Å²) in [5, 5.41) is 0. The fourth-order valence-electron chi connectivity index (χ4n) is 2.05. The van der Waals surface area contributed by atoms with Gasteiger partial charge in [0.25, 0.3) is 5.56 Å². The van der Waals surface area contributed by atoms with Gasteiger partial charge in [0.2, 0.25) is 0 Å². The van der Waals surface area contributed by atoms with Crippen LogP contribution in [-0.2, 0) is 6.42 Å². The van der Waals surface area contributed by atoms with Crippen molar-refractivity contribution in [3.8, 4) is 11.4 Å². The van der Waals surface area contributed by atoms with E-state index < -0.39 is 0 Å². The minimum atomic E-state index is -0.0514. The zero-order valence-corrected chi connectivity index (χ0v) is 14.4. The molecule has 0 saturated carbocycles. The molecule has 0 unspecified atom stereocenters. The molecule has 20 heavy (non-hydrogen) atoms. The maximum atomic E-state index is 12.1. The summed E-state index contributed by atoms with van der Waals surface area (Å²) < 4.78 is 0.698. The van der Waals surface area contributed by atoms with Crippen molar-refractivity contribution in [2.24, 2.45) is 5.92 Å². The van der Waals surface area contributed by atoms with E-state index in [1.165, 1.54) is 11.1 Å². The van der Waals surface area contributed by atoms with E-state index in [2.05, 4.69) is 72.4 Å². The van der Waals surface area contributed by atoms with E-state index in [9.17, 15) is 4.79 Å². The van der Waals surface area contributed by atoms with Crippen LogP contribution in [0.15, 0.2) is 23.0 Å². The van der Waals surface area contributed by atoms with Crippen molar-refractivity contribution in [3.05, 3.63) is 48.9 Å². The Morgan fingerprint density at radius 1 is 1.25 bits per heavy atom. The maximum absolute atomic E-state index is 12.1. The molecule has 0 aliphatic carbocycles. The molecule has 1 heterocycles. The van der Waals surface area contributed by atoms with Crippen molar-refractivity contribution < 1.29 is 0 Å². The summed E-state index contributed by atoms with van der Waals surface area (Å²) >= 11 is 2.08. The third-order valence-electron chi connectivity index (χ3n) is 3.31. The standard InChI is InChI=1S/C16H19IN2O/c1-9(2)7-13-14(17)16(20)19-15(18-13)12-6-5-10(3)11(4)8-12/h5-6,8-9H,7H2,1-4H3,(H,18,19,20). The van der Waals surface area contributed by atoms with Crippen LogP contribution in [0, 0.1) is 23.3 Å². The van der Waals surface area contributed by atoms with Gasteiger partial charge in [-0.2, -0.15) is 0 Å². The summed E-state index contributed by atoms with van der Waals surface area (Å²) in [5.74, 6) is 1.14. The van der Waals surface area contributed by atoms with E-state index >= 15 is 0 Å². The molecule has 1 aromatic heterocycles. The molecular weight excluding hydrogens is 363 g/mol. The van der Waals surface area contributed by atoms with Gasteiger partial charge in [-0.15, -0.1) is 0 Å². The van der Waals surface area contributed by atoms with E-state index in [1.54, 1.807) is 0 Å². The van der Waals surface area contributed by atoms with Gasteiger partial charge >= 0.3 is 0 Å². The highest BCUT2D eigenvalue weighted by Gasteiger charge is 2.12. The highest BCUT2D eigenvalue weighted by Crippen LogP contribution is 2.20. The molecule has 1 aromatic carbocycles. The molecule has 2 aromatic rings. The van der Waals surface area contributed by atoms with Crippen molar-refractivity contribution in [3.63, 3.8) is 0 Å². The lowest BCUT2D eigenvalue weighted by molar-refractivity contribution is 0.631. The van der Waals surface area contributed by atoms with E-state index in [0.29, 0.717) is 15.3 Å². The van der Waals surface area contributed by atoms with Crippen LogP contribution in [0.3, 0.4) is 0 Å². The van der Waals surface area contributed by atoms with E-state index in [4.69, 9.17) is 0 Å². The van der Waals surface area contributed by atoms with E-state index in [0.717, 1.165) is 17.7 Å². The molecule has 0 aliphatic heterocycles. The van der Waals surface area contributed by atoms with Gasteiger partial charge in [0.1, 0.15) is 5.82 Å². The molecular formula is C16H19IN2O. The average Bonchev–Trinajstić information content (AvgIpc) is 2.37. The summed E-state index contributed by atoms with van der Waals surface area (Å²) in [6, 6.07) is 6.14. The highest BCUT2D eigenvalue weighted by atomic mass is 127. The van der Waals surface area contributed by atoms with Crippen LogP contribution in [-0.4, -0.2) is 9.97 Å². The number of nitrogens with zero attached hydrogens (tertiary/aromatic N) is 1. The Bertz CT molecular complexity index is 689. The number of halogens is 1. The number of aromatic amines is 1. The van der Waals surface area contributed by atoms with Gasteiger partial charge in [-0.3, -0.25) is 4.79 Å². The first-order chi connectivity index (χ1) is 9.38. The van der Waals surface area contributed by atoms with Crippen molar-refractivity contribution in [2.75, 3.05) is 0 Å². The van der Waals surface area contributed by atoms with Crippen molar-refractivity contribution in [2.45, 2.75) is 34.1 Å². The fourth-order valence-corrected chi connectivity index (χ4v) is 2.53. The predicted octanol–water partition coefficient (Wildman–Crippen LogP) is 3.86. The third kappa shape index (κ3) is 3.29. The van der Waals surface area contributed by atoms with Crippen LogP contribution in [0.1, 0.15) is 30.7 Å². The van der Waals surface area contributed by atoms with Crippen LogP contribution in [0.2, 0.25) is 0 Å². The Labute approximate surface area is 133 Å². The second-order valence-electron chi connectivity index (χ2n) is 5.57. The molecule has 0 atom stereocenters. The zero-order valence-electron chi connectivity index (χ0n) is 12.2. The SMILES string of the molecule is Cc1ccc(-c2nc(CC(C)C)c(I)c(=O)[nH]2)cc1C. The molecule has 1 N–H and O–H groups in total. The van der Waals surface area contributed by atoms with Crippen LogP contribution >= 0.6 is 22.6 Å². The first-order valence-corrected chi connectivity index (χ1v) is 7.82. The fraction of sp³-hybridized carbons (Fsp3) is 0.375. The molecule has 0 bridgehead atoms. The number of rotatable bonds is 3. The van der Waals surface area contributed by atoms with E-state index in [-0.39, 0.29) is 5.56 Å². The van der Waals surface area contributed by atoms with Crippen molar-refractivity contribution >= 4 is 22.6 Å². The van der Waals surface area contributed by atoms with Crippen LogP contribution < -0.4 is 5.56 Å². The molecule has 0 spiro atoms. The molecule has 0 radical (unpaired) electrons. The molecule has 4 heteroatoms. The Balaban J connectivity index is 2.54. The predicted molar refractivity (Wildman–Crippen MR) is 91.0 cm³/mol. The number of aromatic nitrogens is 2. The maximum Gasteiger partial charge on any atom is 0.264 e. The molecule has 0 aliphatic rings. The van der Waals surface area contributed by atoms with Crippen LogP contribution in [0.4, 0.5) is 0 Å². The molecule has 3 nitrogen and oxygen atoms in total. The van der Waals surface area contributed by atoms with Gasteiger partial charge in [0, 0.05) is 5.56 Å². The zero-order chi connectivity index (χ0) is 14.9. The van der Waals surface area contributed by atoms with Gasteiger partial charge in [0.05, 0.1) is 9.26 Å². The first kappa shape index (κ1) is 15.2. The summed E-state index contributed by atoms with van der Waals surface area (Å²) in [6.07, 6.45) is 0.819. The van der Waals surface area contributed by atoms with Crippen molar-refractivity contribution in [1.82, 2.24) is 9.97 Å². The number of aryl methyl sites for hydroxylation is 2. The minimum Gasteiger partial charge on any atom is -0.306 e. The Hall–Kier alpha value is -1.17. The van der Waals surface area contributed by atoms with Crippen LogP contribution in [0.5, 0.6) is 0 Å².